The summed E-state index contributed by atoms with van der Waals surface area (Å²) in [5.41, 5.74) is 1.10. The molecule has 178 valence electrons. The van der Waals surface area contributed by atoms with Crippen molar-refractivity contribution in [3.8, 4) is 11.5 Å². The minimum atomic E-state index is -1.26. The van der Waals surface area contributed by atoms with Crippen molar-refractivity contribution in [3.63, 3.8) is 0 Å². The van der Waals surface area contributed by atoms with Crippen molar-refractivity contribution in [2.24, 2.45) is 5.92 Å². The SMILES string of the molecule is COc1ccc([C@H]2[C@@H]3C(=O)N(c4ccccc4)C(=O)[C@@H]3ON2c2ccccc2)c(C(=O)O)c1OC. The molecule has 0 spiro atoms. The predicted molar refractivity (Wildman–Crippen MR) is 125 cm³/mol. The molecule has 3 atom stereocenters. The van der Waals surface area contributed by atoms with Crippen LogP contribution in [0.25, 0.3) is 0 Å². The lowest BCUT2D eigenvalue weighted by atomic mass is 9.87. The first-order chi connectivity index (χ1) is 17.0. The summed E-state index contributed by atoms with van der Waals surface area (Å²) in [4.78, 5) is 46.7. The Hall–Kier alpha value is -4.37. The van der Waals surface area contributed by atoms with Crippen LogP contribution in [0.15, 0.2) is 72.8 Å². The molecule has 2 aliphatic rings. The zero-order chi connectivity index (χ0) is 24.7. The van der Waals surface area contributed by atoms with Crippen molar-refractivity contribution in [3.05, 3.63) is 83.9 Å². The molecular weight excluding hydrogens is 452 g/mol. The van der Waals surface area contributed by atoms with E-state index in [1.807, 2.05) is 6.07 Å². The van der Waals surface area contributed by atoms with Gasteiger partial charge in [-0.15, -0.1) is 0 Å². The Kier molecular flexibility index (Phi) is 5.62. The van der Waals surface area contributed by atoms with E-state index in [4.69, 9.17) is 14.3 Å². The highest BCUT2D eigenvalue weighted by molar-refractivity contribution is 6.24. The van der Waals surface area contributed by atoms with Crippen LogP contribution in [-0.4, -0.2) is 43.2 Å². The maximum Gasteiger partial charge on any atom is 0.339 e. The van der Waals surface area contributed by atoms with E-state index in [0.717, 1.165) is 4.90 Å². The number of benzene rings is 3. The predicted octanol–water partition coefficient (Wildman–Crippen LogP) is 3.45. The van der Waals surface area contributed by atoms with Crippen LogP contribution in [0.5, 0.6) is 11.5 Å². The highest BCUT2D eigenvalue weighted by Crippen LogP contribution is 2.50. The molecule has 3 aromatic rings. The number of carboxylic acids is 1. The number of hydrogen-bond acceptors (Lipinski definition) is 7. The summed E-state index contributed by atoms with van der Waals surface area (Å²) in [6.45, 7) is 0. The second-order valence-corrected chi connectivity index (χ2v) is 8.08. The highest BCUT2D eigenvalue weighted by atomic mass is 16.7. The Labute approximate surface area is 201 Å². The quantitative estimate of drug-likeness (QED) is 0.542. The van der Waals surface area contributed by atoms with Crippen LogP contribution in [0, 0.1) is 5.92 Å². The molecule has 1 N–H and O–H groups in total. The molecule has 2 aliphatic heterocycles. The lowest BCUT2D eigenvalue weighted by Gasteiger charge is -2.30. The van der Waals surface area contributed by atoms with Gasteiger partial charge in [0, 0.05) is 0 Å². The van der Waals surface area contributed by atoms with Gasteiger partial charge in [0.05, 0.1) is 31.6 Å². The van der Waals surface area contributed by atoms with Gasteiger partial charge in [0.25, 0.3) is 5.91 Å². The maximum atomic E-state index is 13.7. The molecule has 9 nitrogen and oxygen atoms in total. The fourth-order valence-electron chi connectivity index (χ4n) is 4.77. The van der Waals surface area contributed by atoms with Crippen LogP contribution in [-0.2, 0) is 14.4 Å². The number of rotatable bonds is 6. The Morgan fingerprint density at radius 2 is 1.49 bits per heavy atom. The number of para-hydroxylation sites is 2. The summed E-state index contributed by atoms with van der Waals surface area (Å²) in [6, 6.07) is 19.7. The van der Waals surface area contributed by atoms with Gasteiger partial charge in [0.15, 0.2) is 17.6 Å². The zero-order valence-corrected chi connectivity index (χ0v) is 19.0. The van der Waals surface area contributed by atoms with Gasteiger partial charge in [-0.05, 0) is 35.9 Å². The van der Waals surface area contributed by atoms with E-state index in [0.29, 0.717) is 11.4 Å². The molecule has 0 unspecified atom stereocenters. The molecule has 0 saturated carbocycles. The molecule has 0 bridgehead atoms. The number of carbonyl (C=O) groups is 3. The number of aromatic carboxylic acids is 1. The first-order valence-corrected chi connectivity index (χ1v) is 10.9. The average Bonchev–Trinajstić information content (AvgIpc) is 3.39. The van der Waals surface area contributed by atoms with E-state index in [-0.39, 0.29) is 22.6 Å². The molecule has 5 rings (SSSR count). The van der Waals surface area contributed by atoms with E-state index in [9.17, 15) is 19.5 Å². The van der Waals surface area contributed by atoms with Crippen LogP contribution < -0.4 is 19.4 Å². The van der Waals surface area contributed by atoms with Crippen molar-refractivity contribution < 1.29 is 33.8 Å². The zero-order valence-electron chi connectivity index (χ0n) is 19.0. The first kappa shape index (κ1) is 22.4. The van der Waals surface area contributed by atoms with Crippen molar-refractivity contribution in [1.82, 2.24) is 0 Å². The summed E-state index contributed by atoms with van der Waals surface area (Å²) in [6.07, 6.45) is -1.12. The smallest absolute Gasteiger partial charge is 0.339 e. The van der Waals surface area contributed by atoms with E-state index in [2.05, 4.69) is 0 Å². The molecule has 0 radical (unpaired) electrons. The number of nitrogens with zero attached hydrogens (tertiary/aromatic N) is 2. The average molecular weight is 474 g/mol. The summed E-state index contributed by atoms with van der Waals surface area (Å²) in [7, 11) is 2.75. The third-order valence-corrected chi connectivity index (χ3v) is 6.25. The van der Waals surface area contributed by atoms with Gasteiger partial charge in [-0.1, -0.05) is 42.5 Å². The molecular formula is C26H22N2O7. The van der Waals surface area contributed by atoms with Gasteiger partial charge in [0.2, 0.25) is 5.91 Å². The minimum Gasteiger partial charge on any atom is -0.493 e. The lowest BCUT2D eigenvalue weighted by molar-refractivity contribution is -0.126. The monoisotopic (exact) mass is 474 g/mol. The van der Waals surface area contributed by atoms with E-state index in [1.54, 1.807) is 66.7 Å². The summed E-state index contributed by atoms with van der Waals surface area (Å²) in [5, 5.41) is 11.6. The number of imide groups is 1. The second-order valence-electron chi connectivity index (χ2n) is 8.08. The van der Waals surface area contributed by atoms with Gasteiger partial charge in [-0.3, -0.25) is 14.4 Å². The normalized spacial score (nSPS) is 21.3. The number of amides is 2. The number of hydrogen-bond donors (Lipinski definition) is 1. The summed E-state index contributed by atoms with van der Waals surface area (Å²) < 4.78 is 10.7. The number of carboxylic acid groups (broad SMARTS) is 1. The Balaban J connectivity index is 1.70. The Morgan fingerprint density at radius 3 is 2.06 bits per heavy atom. The van der Waals surface area contributed by atoms with Crippen LogP contribution in [0.1, 0.15) is 22.0 Å². The largest absolute Gasteiger partial charge is 0.493 e. The molecule has 2 heterocycles. The Bertz CT molecular complexity index is 1300. The van der Waals surface area contributed by atoms with Crippen molar-refractivity contribution >= 4 is 29.2 Å². The van der Waals surface area contributed by atoms with E-state index < -0.39 is 35.8 Å². The van der Waals surface area contributed by atoms with Crippen molar-refractivity contribution in [2.75, 3.05) is 24.2 Å². The summed E-state index contributed by atoms with van der Waals surface area (Å²) >= 11 is 0. The number of hydroxylamine groups is 1. The van der Waals surface area contributed by atoms with Crippen LogP contribution in [0.4, 0.5) is 11.4 Å². The molecule has 9 heteroatoms. The van der Waals surface area contributed by atoms with Gasteiger partial charge in [-0.2, -0.15) is 0 Å². The van der Waals surface area contributed by atoms with Crippen LogP contribution >= 0.6 is 0 Å². The standard InChI is InChI=1S/C26H22N2O7/c1-33-18-14-13-17(19(26(31)32)22(18)34-2)21-20-23(35-28(21)16-11-7-4-8-12-16)25(30)27(24(20)29)15-9-5-3-6-10-15/h3-14,20-21,23H,1-2H3,(H,31,32)/t20-,21-,23+/m0/s1. The Morgan fingerprint density at radius 1 is 0.857 bits per heavy atom. The van der Waals surface area contributed by atoms with Crippen LogP contribution in [0.3, 0.4) is 0 Å². The number of fused-ring (bicyclic) bond motifs is 1. The topological polar surface area (TPSA) is 106 Å². The third kappa shape index (κ3) is 3.48. The number of methoxy groups -OCH3 is 2. The fourth-order valence-corrected chi connectivity index (χ4v) is 4.77. The molecule has 2 amide bonds. The molecule has 2 fully saturated rings. The van der Waals surface area contributed by atoms with Gasteiger partial charge in [-0.25, -0.2) is 14.8 Å². The molecule has 0 aliphatic carbocycles. The lowest BCUT2D eigenvalue weighted by Crippen LogP contribution is -2.37. The molecule has 0 aromatic heterocycles. The summed E-state index contributed by atoms with van der Waals surface area (Å²) in [5.74, 6) is -2.98. The van der Waals surface area contributed by atoms with Gasteiger partial charge in [0.1, 0.15) is 11.5 Å². The first-order valence-electron chi connectivity index (χ1n) is 10.9. The molecule has 3 aromatic carbocycles. The highest BCUT2D eigenvalue weighted by Gasteiger charge is 2.61. The maximum absolute atomic E-state index is 13.7. The van der Waals surface area contributed by atoms with Gasteiger partial charge < -0.3 is 14.6 Å². The van der Waals surface area contributed by atoms with Gasteiger partial charge >= 0.3 is 5.97 Å². The molecule has 35 heavy (non-hydrogen) atoms. The number of anilines is 2. The third-order valence-electron chi connectivity index (χ3n) is 6.25. The minimum absolute atomic E-state index is 0.0191. The number of ether oxygens (including phenoxy) is 2. The van der Waals surface area contributed by atoms with Crippen LogP contribution in [0.2, 0.25) is 0 Å². The van der Waals surface area contributed by atoms with Crippen molar-refractivity contribution in [1.29, 1.82) is 0 Å². The van der Waals surface area contributed by atoms with Crippen molar-refractivity contribution in [2.45, 2.75) is 12.1 Å². The molecule has 2 saturated heterocycles. The second kappa shape index (κ2) is 8.77. The van der Waals surface area contributed by atoms with E-state index >= 15 is 0 Å². The fraction of sp³-hybridized carbons (Fsp3) is 0.192. The van der Waals surface area contributed by atoms with E-state index in [1.165, 1.54) is 19.3 Å². The number of carbonyl (C=O) groups excluding carboxylic acids is 2.